The number of rotatable bonds is 4. The number of ether oxygens (including phenoxy) is 1. The first-order valence-corrected chi connectivity index (χ1v) is 9.13. The van der Waals surface area contributed by atoms with E-state index in [1.165, 1.54) is 0 Å². The Morgan fingerprint density at radius 1 is 1.04 bits per heavy atom. The standard InChI is InChI=1S/C19H26N4O2/c1-22(2)16-5-3-14(4-6-16)18-20-21-19(25-18)15-7-10-23(13-15)17-8-11-24-12-9-17/h3-6,15,17H,7-13H2,1-2H3/t15-/m0/s1. The first kappa shape index (κ1) is 16.5. The van der Waals surface area contributed by atoms with Gasteiger partial charge >= 0.3 is 0 Å². The molecule has 1 aromatic heterocycles. The topological polar surface area (TPSA) is 54.6 Å². The Balaban J connectivity index is 1.42. The highest BCUT2D eigenvalue weighted by atomic mass is 16.5. The number of hydrogen-bond acceptors (Lipinski definition) is 6. The summed E-state index contributed by atoms with van der Waals surface area (Å²) in [6.45, 7) is 3.91. The molecule has 2 aliphatic rings. The fourth-order valence-electron chi connectivity index (χ4n) is 3.79. The summed E-state index contributed by atoms with van der Waals surface area (Å²) in [6, 6.07) is 8.87. The van der Waals surface area contributed by atoms with Gasteiger partial charge < -0.3 is 14.1 Å². The number of benzene rings is 1. The van der Waals surface area contributed by atoms with Crippen molar-refractivity contribution in [3.8, 4) is 11.5 Å². The van der Waals surface area contributed by atoms with Gasteiger partial charge in [-0.05, 0) is 50.1 Å². The molecule has 2 aromatic rings. The summed E-state index contributed by atoms with van der Waals surface area (Å²) in [5.74, 6) is 1.75. The van der Waals surface area contributed by atoms with Gasteiger partial charge in [0.2, 0.25) is 11.8 Å². The zero-order valence-corrected chi connectivity index (χ0v) is 15.0. The molecular formula is C19H26N4O2. The van der Waals surface area contributed by atoms with Gasteiger partial charge in [0.1, 0.15) is 0 Å². The molecular weight excluding hydrogens is 316 g/mol. The van der Waals surface area contributed by atoms with Crippen molar-refractivity contribution >= 4 is 5.69 Å². The van der Waals surface area contributed by atoms with E-state index in [1.807, 2.05) is 26.2 Å². The summed E-state index contributed by atoms with van der Waals surface area (Å²) in [4.78, 5) is 4.65. The highest BCUT2D eigenvalue weighted by molar-refractivity contribution is 5.58. The van der Waals surface area contributed by atoms with Crippen LogP contribution in [0.4, 0.5) is 5.69 Å². The Hall–Kier alpha value is -1.92. The van der Waals surface area contributed by atoms with Crippen LogP contribution in [0.1, 0.15) is 31.1 Å². The molecule has 2 aliphatic heterocycles. The molecule has 1 atom stereocenters. The third kappa shape index (κ3) is 3.55. The third-order valence-electron chi connectivity index (χ3n) is 5.35. The summed E-state index contributed by atoms with van der Waals surface area (Å²) < 4.78 is 11.5. The molecule has 1 aromatic carbocycles. The van der Waals surface area contributed by atoms with Crippen molar-refractivity contribution < 1.29 is 9.15 Å². The van der Waals surface area contributed by atoms with Crippen molar-refractivity contribution in [1.29, 1.82) is 0 Å². The van der Waals surface area contributed by atoms with Crippen LogP contribution in [-0.4, -0.2) is 61.5 Å². The lowest BCUT2D eigenvalue weighted by Gasteiger charge is -2.30. The van der Waals surface area contributed by atoms with E-state index < -0.39 is 0 Å². The van der Waals surface area contributed by atoms with E-state index >= 15 is 0 Å². The fourth-order valence-corrected chi connectivity index (χ4v) is 3.79. The maximum atomic E-state index is 6.00. The summed E-state index contributed by atoms with van der Waals surface area (Å²) in [7, 11) is 4.06. The molecule has 0 unspecified atom stereocenters. The van der Waals surface area contributed by atoms with Crippen LogP contribution in [0.25, 0.3) is 11.5 Å². The lowest BCUT2D eigenvalue weighted by atomic mass is 10.1. The molecule has 3 heterocycles. The lowest BCUT2D eigenvalue weighted by molar-refractivity contribution is 0.0417. The maximum Gasteiger partial charge on any atom is 0.247 e. The Morgan fingerprint density at radius 3 is 2.52 bits per heavy atom. The van der Waals surface area contributed by atoms with Crippen molar-refractivity contribution in [3.05, 3.63) is 30.2 Å². The molecule has 2 fully saturated rings. The second-order valence-electron chi connectivity index (χ2n) is 7.21. The molecule has 0 radical (unpaired) electrons. The molecule has 2 saturated heterocycles. The van der Waals surface area contributed by atoms with Crippen LogP contribution in [0, 0.1) is 0 Å². The van der Waals surface area contributed by atoms with Crippen molar-refractivity contribution in [3.63, 3.8) is 0 Å². The molecule has 4 rings (SSSR count). The van der Waals surface area contributed by atoms with Gasteiger partial charge in [-0.15, -0.1) is 10.2 Å². The second kappa shape index (κ2) is 7.14. The second-order valence-corrected chi connectivity index (χ2v) is 7.21. The molecule has 0 spiro atoms. The first-order chi connectivity index (χ1) is 12.2. The van der Waals surface area contributed by atoms with Gasteiger partial charge in [0.05, 0.1) is 5.92 Å². The molecule has 0 aliphatic carbocycles. The number of nitrogens with zero attached hydrogens (tertiary/aromatic N) is 4. The number of likely N-dealkylation sites (tertiary alicyclic amines) is 1. The van der Waals surface area contributed by atoms with E-state index in [4.69, 9.17) is 9.15 Å². The Kier molecular flexibility index (Phi) is 4.72. The number of anilines is 1. The highest BCUT2D eigenvalue weighted by Gasteiger charge is 2.32. The molecule has 0 saturated carbocycles. The van der Waals surface area contributed by atoms with Crippen LogP contribution < -0.4 is 4.90 Å². The van der Waals surface area contributed by atoms with Crippen molar-refractivity contribution in [2.75, 3.05) is 45.3 Å². The smallest absolute Gasteiger partial charge is 0.247 e. The monoisotopic (exact) mass is 342 g/mol. The quantitative estimate of drug-likeness (QED) is 0.852. The van der Waals surface area contributed by atoms with E-state index in [9.17, 15) is 0 Å². The van der Waals surface area contributed by atoms with E-state index in [2.05, 4.69) is 32.1 Å². The van der Waals surface area contributed by atoms with Gasteiger partial charge in [0.25, 0.3) is 0 Å². The van der Waals surface area contributed by atoms with Crippen molar-refractivity contribution in [2.45, 2.75) is 31.2 Å². The summed E-state index contributed by atoms with van der Waals surface area (Å²) in [6.07, 6.45) is 3.37. The van der Waals surface area contributed by atoms with E-state index in [1.54, 1.807) is 0 Å². The largest absolute Gasteiger partial charge is 0.420 e. The molecule has 6 nitrogen and oxygen atoms in total. The molecule has 25 heavy (non-hydrogen) atoms. The highest BCUT2D eigenvalue weighted by Crippen LogP contribution is 2.31. The summed E-state index contributed by atoms with van der Waals surface area (Å²) in [5.41, 5.74) is 2.13. The van der Waals surface area contributed by atoms with Gasteiger partial charge in [0, 0.05) is 51.1 Å². The molecule has 6 heteroatoms. The minimum absolute atomic E-state index is 0.352. The Bertz CT molecular complexity index is 692. The third-order valence-corrected chi connectivity index (χ3v) is 5.35. The van der Waals surface area contributed by atoms with Crippen LogP contribution in [0.3, 0.4) is 0 Å². The van der Waals surface area contributed by atoms with E-state index in [0.29, 0.717) is 17.9 Å². The normalized spacial score (nSPS) is 22.4. The van der Waals surface area contributed by atoms with Crippen LogP contribution in [0.15, 0.2) is 28.7 Å². The first-order valence-electron chi connectivity index (χ1n) is 9.13. The molecule has 0 bridgehead atoms. The van der Waals surface area contributed by atoms with Crippen molar-refractivity contribution in [1.82, 2.24) is 15.1 Å². The van der Waals surface area contributed by atoms with E-state index in [0.717, 1.165) is 62.7 Å². The zero-order valence-electron chi connectivity index (χ0n) is 15.0. The van der Waals surface area contributed by atoms with Gasteiger partial charge in [-0.25, -0.2) is 0 Å². The summed E-state index contributed by atoms with van der Waals surface area (Å²) >= 11 is 0. The number of hydrogen-bond donors (Lipinski definition) is 0. The molecule has 134 valence electrons. The van der Waals surface area contributed by atoms with Crippen molar-refractivity contribution in [2.24, 2.45) is 0 Å². The van der Waals surface area contributed by atoms with E-state index in [-0.39, 0.29) is 0 Å². The zero-order chi connectivity index (χ0) is 17.2. The van der Waals surface area contributed by atoms with Crippen LogP contribution in [0.2, 0.25) is 0 Å². The van der Waals surface area contributed by atoms with Gasteiger partial charge in [-0.2, -0.15) is 0 Å². The van der Waals surface area contributed by atoms with Crippen LogP contribution in [-0.2, 0) is 4.74 Å². The predicted molar refractivity (Wildman–Crippen MR) is 96.8 cm³/mol. The Morgan fingerprint density at radius 2 is 1.80 bits per heavy atom. The van der Waals surface area contributed by atoms with Gasteiger partial charge in [-0.1, -0.05) is 0 Å². The average molecular weight is 342 g/mol. The maximum absolute atomic E-state index is 6.00. The summed E-state index contributed by atoms with van der Waals surface area (Å²) in [5, 5.41) is 8.61. The number of aromatic nitrogens is 2. The Labute approximate surface area is 148 Å². The van der Waals surface area contributed by atoms with Gasteiger partial charge in [-0.3, -0.25) is 4.90 Å². The SMILES string of the molecule is CN(C)c1ccc(-c2nnc([C@H]3CCN(C4CCOCC4)C3)o2)cc1. The molecule has 0 amide bonds. The minimum Gasteiger partial charge on any atom is -0.420 e. The van der Waals surface area contributed by atoms with Crippen LogP contribution >= 0.6 is 0 Å². The average Bonchev–Trinajstić information content (AvgIpc) is 3.32. The van der Waals surface area contributed by atoms with Crippen LogP contribution in [0.5, 0.6) is 0 Å². The molecule has 0 N–H and O–H groups in total. The lowest BCUT2D eigenvalue weighted by Crippen LogP contribution is -2.37. The predicted octanol–water partition coefficient (Wildman–Crippen LogP) is 2.77. The minimum atomic E-state index is 0.352. The fraction of sp³-hybridized carbons (Fsp3) is 0.579. The van der Waals surface area contributed by atoms with Gasteiger partial charge in [0.15, 0.2) is 0 Å².